The van der Waals surface area contributed by atoms with E-state index in [4.69, 9.17) is 4.74 Å². The van der Waals surface area contributed by atoms with Crippen molar-refractivity contribution < 1.29 is 41.0 Å². The Bertz CT molecular complexity index is 982. The van der Waals surface area contributed by atoms with Crippen LogP contribution in [0.2, 0.25) is 0 Å². The molecule has 1 amide bonds. The van der Waals surface area contributed by atoms with Crippen LogP contribution in [0.3, 0.4) is 0 Å². The molecule has 4 nitrogen and oxygen atoms in total. The van der Waals surface area contributed by atoms with E-state index in [1.165, 1.54) is 4.90 Å². The van der Waals surface area contributed by atoms with E-state index in [0.29, 0.717) is 12.1 Å². The summed E-state index contributed by atoms with van der Waals surface area (Å²) < 4.78 is 84.9. The summed E-state index contributed by atoms with van der Waals surface area (Å²) in [4.78, 5) is 13.3. The number of hydrogen-bond acceptors (Lipinski definition) is 2. The molecule has 1 aliphatic rings. The molecule has 0 radical (unpaired) electrons. The van der Waals surface area contributed by atoms with Crippen LogP contribution >= 0.6 is 0 Å². The van der Waals surface area contributed by atoms with E-state index in [9.17, 15) is 36.2 Å². The number of likely N-dealkylation sites (tertiary alicyclic amines) is 1. The number of ether oxygens (including phenoxy) is 1. The SMILES string of the molecule is CC(C)(C)C1C(COc2cc(C(F)(F)F)cc(C(F)(F)F)c2)C(c2ccccc2)CN1C(=O)O. The van der Waals surface area contributed by atoms with Crippen LogP contribution in [0.15, 0.2) is 48.5 Å². The van der Waals surface area contributed by atoms with Crippen molar-refractivity contribution in [2.24, 2.45) is 11.3 Å². The maximum Gasteiger partial charge on any atom is 0.416 e. The summed E-state index contributed by atoms with van der Waals surface area (Å²) in [5.74, 6) is -1.44. The zero-order valence-electron chi connectivity index (χ0n) is 18.7. The summed E-state index contributed by atoms with van der Waals surface area (Å²) in [5.41, 5.74) is -2.69. The lowest BCUT2D eigenvalue weighted by Crippen LogP contribution is -2.46. The average Bonchev–Trinajstić information content (AvgIpc) is 3.12. The molecule has 1 fully saturated rings. The van der Waals surface area contributed by atoms with Gasteiger partial charge in [0.25, 0.3) is 0 Å². The second-order valence-corrected chi connectivity index (χ2v) is 9.48. The van der Waals surface area contributed by atoms with Crippen molar-refractivity contribution in [2.45, 2.75) is 45.1 Å². The Balaban J connectivity index is 2.00. The van der Waals surface area contributed by atoms with Gasteiger partial charge in [-0.2, -0.15) is 26.3 Å². The molecular formula is C24H25F6NO3. The molecule has 3 unspecified atom stereocenters. The van der Waals surface area contributed by atoms with Crippen LogP contribution in [-0.2, 0) is 12.4 Å². The van der Waals surface area contributed by atoms with Crippen LogP contribution in [0.5, 0.6) is 5.75 Å². The van der Waals surface area contributed by atoms with E-state index >= 15 is 0 Å². The molecule has 3 rings (SSSR count). The Morgan fingerprint density at radius 2 is 1.50 bits per heavy atom. The summed E-state index contributed by atoms with van der Waals surface area (Å²) in [7, 11) is 0. The van der Waals surface area contributed by atoms with Crippen LogP contribution in [0, 0.1) is 11.3 Å². The molecule has 2 aromatic carbocycles. The lowest BCUT2D eigenvalue weighted by Gasteiger charge is -2.37. The number of halogens is 6. The first kappa shape index (κ1) is 25.7. The van der Waals surface area contributed by atoms with E-state index in [-0.39, 0.29) is 25.1 Å². The Labute approximate surface area is 193 Å². The van der Waals surface area contributed by atoms with Crippen molar-refractivity contribution in [3.05, 3.63) is 65.2 Å². The van der Waals surface area contributed by atoms with E-state index in [0.717, 1.165) is 5.56 Å². The van der Waals surface area contributed by atoms with E-state index in [1.54, 1.807) is 18.2 Å². The summed E-state index contributed by atoms with van der Waals surface area (Å²) >= 11 is 0. The van der Waals surface area contributed by atoms with Crippen molar-refractivity contribution in [1.29, 1.82) is 0 Å². The summed E-state index contributed by atoms with van der Waals surface area (Å²) in [6, 6.07) is 9.51. The van der Waals surface area contributed by atoms with Gasteiger partial charge in [-0.1, -0.05) is 51.1 Å². The average molecular weight is 489 g/mol. The predicted octanol–water partition coefficient (Wildman–Crippen LogP) is 6.91. The van der Waals surface area contributed by atoms with Crippen molar-refractivity contribution in [3.8, 4) is 5.75 Å². The maximum absolute atomic E-state index is 13.2. The number of amides is 1. The number of nitrogens with zero attached hydrogens (tertiary/aromatic N) is 1. The van der Waals surface area contributed by atoms with Crippen LogP contribution in [0.4, 0.5) is 31.1 Å². The quantitative estimate of drug-likeness (QED) is 0.475. The Morgan fingerprint density at radius 1 is 0.971 bits per heavy atom. The van der Waals surface area contributed by atoms with Gasteiger partial charge in [0, 0.05) is 24.4 Å². The maximum atomic E-state index is 13.2. The fourth-order valence-electron chi connectivity index (χ4n) is 4.68. The third kappa shape index (κ3) is 5.59. The zero-order valence-corrected chi connectivity index (χ0v) is 18.7. The molecule has 0 spiro atoms. The molecule has 1 N–H and O–H groups in total. The van der Waals surface area contributed by atoms with Crippen molar-refractivity contribution in [3.63, 3.8) is 0 Å². The number of carbonyl (C=O) groups is 1. The normalized spacial score (nSPS) is 21.6. The molecule has 0 saturated carbocycles. The molecule has 0 aliphatic carbocycles. The number of benzene rings is 2. The molecule has 0 aromatic heterocycles. The van der Waals surface area contributed by atoms with Gasteiger partial charge < -0.3 is 14.7 Å². The molecule has 1 saturated heterocycles. The van der Waals surface area contributed by atoms with Gasteiger partial charge in [-0.15, -0.1) is 0 Å². The minimum absolute atomic E-state index is 0.0410. The highest BCUT2D eigenvalue weighted by Crippen LogP contribution is 2.45. The third-order valence-electron chi connectivity index (χ3n) is 6.02. The molecule has 10 heteroatoms. The second kappa shape index (κ2) is 9.03. The second-order valence-electron chi connectivity index (χ2n) is 9.48. The molecule has 1 heterocycles. The van der Waals surface area contributed by atoms with E-state index in [1.807, 2.05) is 32.9 Å². The molecule has 2 aromatic rings. The molecule has 3 atom stereocenters. The van der Waals surface area contributed by atoms with Gasteiger partial charge in [-0.3, -0.25) is 0 Å². The molecule has 34 heavy (non-hydrogen) atoms. The van der Waals surface area contributed by atoms with Crippen LogP contribution in [-0.4, -0.2) is 35.3 Å². The standard InChI is InChI=1S/C24H25F6NO3/c1-22(2,3)20-19(18(12-31(20)21(32)33)14-7-5-4-6-8-14)13-34-17-10-15(23(25,26)27)9-16(11-17)24(28,29)30/h4-11,18-20H,12-13H2,1-3H3,(H,32,33). The smallest absolute Gasteiger partial charge is 0.416 e. The first-order valence-corrected chi connectivity index (χ1v) is 10.6. The lowest BCUT2D eigenvalue weighted by atomic mass is 9.75. The first-order valence-electron chi connectivity index (χ1n) is 10.6. The Kier molecular flexibility index (Phi) is 6.83. The van der Waals surface area contributed by atoms with Crippen LogP contribution in [0.1, 0.15) is 43.4 Å². The van der Waals surface area contributed by atoms with Crippen molar-refractivity contribution in [1.82, 2.24) is 4.90 Å². The predicted molar refractivity (Wildman–Crippen MR) is 113 cm³/mol. The van der Waals surface area contributed by atoms with Gasteiger partial charge >= 0.3 is 18.4 Å². The van der Waals surface area contributed by atoms with Gasteiger partial charge in [0.05, 0.1) is 17.7 Å². The largest absolute Gasteiger partial charge is 0.493 e. The Hall–Kier alpha value is -2.91. The molecule has 0 bridgehead atoms. The van der Waals surface area contributed by atoms with E-state index in [2.05, 4.69) is 0 Å². The van der Waals surface area contributed by atoms with Crippen LogP contribution in [0.25, 0.3) is 0 Å². The van der Waals surface area contributed by atoms with Gasteiger partial charge in [-0.05, 0) is 29.2 Å². The highest BCUT2D eigenvalue weighted by molar-refractivity contribution is 5.66. The minimum atomic E-state index is -4.99. The number of rotatable bonds is 4. The topological polar surface area (TPSA) is 49.8 Å². The van der Waals surface area contributed by atoms with E-state index < -0.39 is 52.7 Å². The fraction of sp³-hybridized carbons (Fsp3) is 0.458. The molecule has 1 aliphatic heterocycles. The first-order chi connectivity index (χ1) is 15.6. The molecular weight excluding hydrogens is 464 g/mol. The van der Waals surface area contributed by atoms with Gasteiger partial charge in [0.15, 0.2) is 0 Å². The summed E-state index contributed by atoms with van der Waals surface area (Å²) in [6.45, 7) is 5.37. The zero-order chi connectivity index (χ0) is 25.5. The minimum Gasteiger partial charge on any atom is -0.493 e. The van der Waals surface area contributed by atoms with Crippen molar-refractivity contribution in [2.75, 3.05) is 13.2 Å². The fourth-order valence-corrected chi connectivity index (χ4v) is 4.68. The monoisotopic (exact) mass is 489 g/mol. The van der Waals surface area contributed by atoms with Gasteiger partial charge in [-0.25, -0.2) is 4.79 Å². The highest BCUT2D eigenvalue weighted by atomic mass is 19.4. The Morgan fingerprint density at radius 3 is 1.94 bits per heavy atom. The third-order valence-corrected chi connectivity index (χ3v) is 6.02. The van der Waals surface area contributed by atoms with Crippen LogP contribution < -0.4 is 4.74 Å². The number of carboxylic acid groups (broad SMARTS) is 1. The number of hydrogen-bond donors (Lipinski definition) is 1. The van der Waals surface area contributed by atoms with Crippen molar-refractivity contribution >= 4 is 6.09 Å². The van der Waals surface area contributed by atoms with Gasteiger partial charge in [0.1, 0.15) is 5.75 Å². The summed E-state index contributed by atoms with van der Waals surface area (Å²) in [5, 5.41) is 9.80. The highest BCUT2D eigenvalue weighted by Gasteiger charge is 2.50. The summed E-state index contributed by atoms with van der Waals surface area (Å²) in [6.07, 6.45) is -11.1. The van der Waals surface area contributed by atoms with Gasteiger partial charge in [0.2, 0.25) is 0 Å². The lowest BCUT2D eigenvalue weighted by molar-refractivity contribution is -0.143. The molecule has 186 valence electrons. The number of alkyl halides is 6.